The highest BCUT2D eigenvalue weighted by atomic mass is 35.5. The molecule has 39 heavy (non-hydrogen) atoms. The second-order valence-electron chi connectivity index (χ2n) is 9.42. The lowest BCUT2D eigenvalue weighted by Crippen LogP contribution is -2.38. The van der Waals surface area contributed by atoms with Gasteiger partial charge in [-0.05, 0) is 41.9 Å². The molecule has 1 aliphatic rings. The molecule has 11 heteroatoms. The zero-order chi connectivity index (χ0) is 27.5. The zero-order valence-electron chi connectivity index (χ0n) is 21.5. The van der Waals surface area contributed by atoms with E-state index in [1.165, 1.54) is 23.9 Å². The number of nitrogens with one attached hydrogen (secondary N) is 2. The SMILES string of the molecule is CCC1[C@@H](n2cnc3c(NCCc4ccccc4)nc(C#Cc4ccc(Cl)s4)nc32)[C@H](O)[C@H](O)[C@H]1C(=O)NC. The van der Waals surface area contributed by atoms with Gasteiger partial charge in [-0.2, -0.15) is 0 Å². The van der Waals surface area contributed by atoms with Crippen molar-refractivity contribution in [2.24, 2.45) is 11.8 Å². The van der Waals surface area contributed by atoms with Crippen molar-refractivity contribution < 1.29 is 15.0 Å². The molecule has 4 N–H and O–H groups in total. The zero-order valence-corrected chi connectivity index (χ0v) is 23.1. The van der Waals surface area contributed by atoms with Crippen molar-refractivity contribution in [2.45, 2.75) is 38.0 Å². The number of hydrogen-bond donors (Lipinski definition) is 4. The molecule has 0 spiro atoms. The van der Waals surface area contributed by atoms with Gasteiger partial charge in [-0.3, -0.25) is 4.79 Å². The molecule has 0 radical (unpaired) electrons. The third-order valence-corrected chi connectivity index (χ3v) is 8.30. The number of anilines is 1. The third kappa shape index (κ3) is 5.49. The minimum atomic E-state index is -1.22. The number of benzene rings is 1. The van der Waals surface area contributed by atoms with Crippen molar-refractivity contribution in [3.8, 4) is 11.8 Å². The number of amides is 1. The first-order valence-electron chi connectivity index (χ1n) is 12.8. The van der Waals surface area contributed by atoms with Gasteiger partial charge >= 0.3 is 0 Å². The minimum Gasteiger partial charge on any atom is -0.390 e. The van der Waals surface area contributed by atoms with Gasteiger partial charge in [-0.15, -0.1) is 11.3 Å². The number of nitrogens with zero attached hydrogens (tertiary/aromatic N) is 4. The number of aliphatic hydroxyl groups is 2. The molecule has 1 fully saturated rings. The number of aliphatic hydroxyl groups excluding tert-OH is 2. The van der Waals surface area contributed by atoms with E-state index >= 15 is 0 Å². The Morgan fingerprint density at radius 2 is 1.92 bits per heavy atom. The van der Waals surface area contributed by atoms with E-state index < -0.39 is 24.2 Å². The Hall–Kier alpha value is -3.49. The molecule has 1 aromatic carbocycles. The number of imidazole rings is 1. The van der Waals surface area contributed by atoms with E-state index in [9.17, 15) is 15.0 Å². The van der Waals surface area contributed by atoms with Gasteiger partial charge in [0.2, 0.25) is 11.7 Å². The molecule has 1 saturated carbocycles. The molecule has 4 aromatic rings. The predicted molar refractivity (Wildman–Crippen MR) is 152 cm³/mol. The van der Waals surface area contributed by atoms with Gasteiger partial charge in [0, 0.05) is 13.6 Å². The number of rotatable bonds is 7. The Kier molecular flexibility index (Phi) is 8.14. The average molecular weight is 565 g/mol. The average Bonchev–Trinajstić information content (AvgIpc) is 3.63. The fraction of sp³-hybridized carbons (Fsp3) is 0.357. The maximum absolute atomic E-state index is 12.6. The standard InChI is InChI=1S/C28H29ClN6O3S/c1-3-18-21(28(38)30-2)24(36)25(37)23(18)35-15-32-22-26(31-14-13-16-7-5-4-6-8-16)33-20(34-27(22)35)12-10-17-9-11-19(29)39-17/h4-9,11,15,18,21,23-25,36-37H,3,13-14H2,1-2H3,(H,30,38)(H,31,33,34)/t18?,21-,23+,24+,25-/m0/s1. The molecule has 1 unspecified atom stereocenters. The van der Waals surface area contributed by atoms with Crippen molar-refractivity contribution in [2.75, 3.05) is 18.9 Å². The van der Waals surface area contributed by atoms with Crippen LogP contribution in [0.25, 0.3) is 11.2 Å². The molecule has 1 amide bonds. The highest BCUT2D eigenvalue weighted by Gasteiger charge is 2.52. The van der Waals surface area contributed by atoms with E-state index in [4.69, 9.17) is 16.6 Å². The summed E-state index contributed by atoms with van der Waals surface area (Å²) in [5.41, 5.74) is 2.17. The van der Waals surface area contributed by atoms with E-state index in [2.05, 4.69) is 44.6 Å². The van der Waals surface area contributed by atoms with Crippen LogP contribution in [-0.4, -0.2) is 61.4 Å². The summed E-state index contributed by atoms with van der Waals surface area (Å²) in [5, 5.41) is 27.9. The first-order chi connectivity index (χ1) is 18.9. The van der Waals surface area contributed by atoms with Crippen LogP contribution in [-0.2, 0) is 11.2 Å². The number of carbonyl (C=O) groups is 1. The fourth-order valence-electron chi connectivity index (χ4n) is 5.30. The van der Waals surface area contributed by atoms with Crippen LogP contribution in [0.1, 0.15) is 35.7 Å². The summed E-state index contributed by atoms with van der Waals surface area (Å²) in [6.07, 6.45) is 0.539. The van der Waals surface area contributed by atoms with E-state index in [0.29, 0.717) is 34.3 Å². The predicted octanol–water partition coefficient (Wildman–Crippen LogP) is 3.26. The molecule has 202 valence electrons. The highest BCUT2D eigenvalue weighted by Crippen LogP contribution is 2.44. The Balaban J connectivity index is 1.55. The van der Waals surface area contributed by atoms with Crippen LogP contribution in [0.4, 0.5) is 5.82 Å². The number of carbonyl (C=O) groups excluding carboxylic acids is 1. The maximum atomic E-state index is 12.6. The van der Waals surface area contributed by atoms with E-state index in [1.807, 2.05) is 31.2 Å². The second-order valence-corrected chi connectivity index (χ2v) is 11.1. The molecule has 3 heterocycles. The first kappa shape index (κ1) is 27.1. The number of thiophene rings is 1. The monoisotopic (exact) mass is 564 g/mol. The summed E-state index contributed by atoms with van der Waals surface area (Å²) in [5.74, 6) is 5.49. The summed E-state index contributed by atoms with van der Waals surface area (Å²) < 4.78 is 2.39. The van der Waals surface area contributed by atoms with Crippen LogP contribution >= 0.6 is 22.9 Å². The molecular formula is C28H29ClN6O3S. The van der Waals surface area contributed by atoms with Crippen LogP contribution in [0.15, 0.2) is 48.8 Å². The first-order valence-corrected chi connectivity index (χ1v) is 14.0. The fourth-order valence-corrected chi connectivity index (χ4v) is 6.20. The van der Waals surface area contributed by atoms with Crippen LogP contribution in [0.5, 0.6) is 0 Å². The van der Waals surface area contributed by atoms with Gasteiger partial charge in [-0.25, -0.2) is 15.0 Å². The number of fused-ring (bicyclic) bond motifs is 1. The topological polar surface area (TPSA) is 125 Å². The summed E-state index contributed by atoms with van der Waals surface area (Å²) >= 11 is 7.42. The molecule has 5 atom stereocenters. The van der Waals surface area contributed by atoms with Crippen molar-refractivity contribution >= 4 is 45.8 Å². The Labute approximate surface area is 235 Å². The molecule has 3 aromatic heterocycles. The van der Waals surface area contributed by atoms with Gasteiger partial charge in [0.15, 0.2) is 17.0 Å². The minimum absolute atomic E-state index is 0.278. The molecule has 9 nitrogen and oxygen atoms in total. The lowest BCUT2D eigenvalue weighted by molar-refractivity contribution is -0.129. The van der Waals surface area contributed by atoms with Crippen LogP contribution in [0, 0.1) is 23.7 Å². The normalized spacial score (nSPS) is 22.4. The Bertz CT molecular complexity index is 1530. The Morgan fingerprint density at radius 3 is 2.62 bits per heavy atom. The van der Waals surface area contributed by atoms with Crippen LogP contribution in [0.3, 0.4) is 0 Å². The number of aromatic nitrogens is 4. The van der Waals surface area contributed by atoms with E-state index in [1.54, 1.807) is 17.0 Å². The molecule has 0 bridgehead atoms. The lowest BCUT2D eigenvalue weighted by Gasteiger charge is -2.24. The van der Waals surface area contributed by atoms with Gasteiger partial charge < -0.3 is 25.4 Å². The van der Waals surface area contributed by atoms with Crippen molar-refractivity contribution in [3.63, 3.8) is 0 Å². The van der Waals surface area contributed by atoms with Gasteiger partial charge in [0.05, 0.1) is 33.6 Å². The largest absolute Gasteiger partial charge is 0.390 e. The molecule has 5 rings (SSSR count). The Morgan fingerprint density at radius 1 is 1.13 bits per heavy atom. The van der Waals surface area contributed by atoms with Gasteiger partial charge in [-0.1, -0.05) is 55.3 Å². The molecule has 1 aliphatic carbocycles. The summed E-state index contributed by atoms with van der Waals surface area (Å²) in [4.78, 5) is 27.3. The van der Waals surface area contributed by atoms with E-state index in [-0.39, 0.29) is 17.6 Å². The quantitative estimate of drug-likeness (QED) is 0.254. The molecule has 0 aliphatic heterocycles. The number of halogens is 1. The third-order valence-electron chi connectivity index (χ3n) is 7.15. The smallest absolute Gasteiger partial charge is 0.225 e. The van der Waals surface area contributed by atoms with Crippen LogP contribution in [0.2, 0.25) is 4.34 Å². The van der Waals surface area contributed by atoms with Crippen molar-refractivity contribution in [3.05, 3.63) is 69.4 Å². The lowest BCUT2D eigenvalue weighted by atomic mass is 9.89. The maximum Gasteiger partial charge on any atom is 0.225 e. The summed E-state index contributed by atoms with van der Waals surface area (Å²) in [7, 11) is 1.53. The second kappa shape index (κ2) is 11.7. The number of hydrogen-bond acceptors (Lipinski definition) is 8. The van der Waals surface area contributed by atoms with Gasteiger partial charge in [0.1, 0.15) is 6.10 Å². The van der Waals surface area contributed by atoms with Crippen LogP contribution < -0.4 is 10.6 Å². The molecule has 0 saturated heterocycles. The highest BCUT2D eigenvalue weighted by molar-refractivity contribution is 7.16. The van der Waals surface area contributed by atoms with Crippen molar-refractivity contribution in [1.82, 2.24) is 24.8 Å². The van der Waals surface area contributed by atoms with Gasteiger partial charge in [0.25, 0.3) is 0 Å². The van der Waals surface area contributed by atoms with E-state index in [0.717, 1.165) is 11.3 Å². The molecular weight excluding hydrogens is 536 g/mol. The summed E-state index contributed by atoms with van der Waals surface area (Å²) in [6, 6.07) is 13.1. The van der Waals surface area contributed by atoms with Crippen molar-refractivity contribution in [1.29, 1.82) is 0 Å². The summed E-state index contributed by atoms with van der Waals surface area (Å²) in [6.45, 7) is 2.55.